The molecule has 0 unspecified atom stereocenters. The van der Waals surface area contributed by atoms with E-state index in [9.17, 15) is 9.59 Å². The third kappa shape index (κ3) is 1.30. The van der Waals surface area contributed by atoms with Gasteiger partial charge in [0.05, 0.1) is 6.61 Å². The molecule has 1 aliphatic heterocycles. The minimum Gasteiger partial charge on any atom is -0.465 e. The Morgan fingerprint density at radius 3 is 2.71 bits per heavy atom. The van der Waals surface area contributed by atoms with Gasteiger partial charge in [0, 0.05) is 5.92 Å². The number of carbonyl (C=O) groups is 2. The monoisotopic (exact) mass is 238 g/mol. The van der Waals surface area contributed by atoms with Crippen molar-refractivity contribution in [1.82, 2.24) is 0 Å². The molecule has 2 saturated carbocycles. The lowest BCUT2D eigenvalue weighted by atomic mass is 9.80. The second-order valence-corrected chi connectivity index (χ2v) is 5.46. The summed E-state index contributed by atoms with van der Waals surface area (Å²) in [7, 11) is 0. The van der Waals surface area contributed by atoms with Crippen LogP contribution < -0.4 is 0 Å². The molecule has 0 aromatic heterocycles. The van der Waals surface area contributed by atoms with E-state index in [1.165, 1.54) is 6.42 Å². The van der Waals surface area contributed by atoms with Crippen molar-refractivity contribution in [1.29, 1.82) is 0 Å². The van der Waals surface area contributed by atoms with Gasteiger partial charge in [-0.15, -0.1) is 0 Å². The number of ether oxygens (including phenoxy) is 2. The van der Waals surface area contributed by atoms with Crippen LogP contribution in [0.25, 0.3) is 0 Å². The molecule has 0 radical (unpaired) electrons. The molecular formula is C13H18O4. The van der Waals surface area contributed by atoms with Gasteiger partial charge >= 0.3 is 11.9 Å². The summed E-state index contributed by atoms with van der Waals surface area (Å²) in [5, 5.41) is 0. The van der Waals surface area contributed by atoms with Gasteiger partial charge in [-0.2, -0.15) is 0 Å². The zero-order chi connectivity index (χ0) is 12.1. The molecule has 3 aliphatic rings. The van der Waals surface area contributed by atoms with Crippen LogP contribution in [0.5, 0.6) is 0 Å². The maximum absolute atomic E-state index is 12.0. The van der Waals surface area contributed by atoms with E-state index in [0.29, 0.717) is 13.0 Å². The van der Waals surface area contributed by atoms with Gasteiger partial charge < -0.3 is 9.47 Å². The van der Waals surface area contributed by atoms with Crippen molar-refractivity contribution in [3.05, 3.63) is 0 Å². The van der Waals surface area contributed by atoms with E-state index < -0.39 is 5.41 Å². The van der Waals surface area contributed by atoms with Crippen LogP contribution >= 0.6 is 0 Å². The Balaban J connectivity index is 1.84. The molecule has 4 heteroatoms. The van der Waals surface area contributed by atoms with Crippen molar-refractivity contribution in [2.45, 2.75) is 51.0 Å². The minimum absolute atomic E-state index is 0.0850. The third-order valence-electron chi connectivity index (χ3n) is 4.60. The first-order chi connectivity index (χ1) is 8.16. The topological polar surface area (TPSA) is 52.6 Å². The first-order valence-corrected chi connectivity index (χ1v) is 6.56. The molecule has 1 heterocycles. The Labute approximate surface area is 101 Å². The highest BCUT2D eigenvalue weighted by Crippen LogP contribution is 2.68. The van der Waals surface area contributed by atoms with Gasteiger partial charge in [-0.3, -0.25) is 9.59 Å². The molecule has 3 fully saturated rings. The maximum Gasteiger partial charge on any atom is 0.324 e. The van der Waals surface area contributed by atoms with Crippen LogP contribution in [-0.2, 0) is 19.1 Å². The SMILES string of the molecule is CCOC(=O)[C@@]12C[C@H]1C1(CCCCC1)OC2=O. The number of carbonyl (C=O) groups excluding carboxylic acids is 2. The highest BCUT2D eigenvalue weighted by molar-refractivity contribution is 6.06. The van der Waals surface area contributed by atoms with Gasteiger partial charge in [-0.25, -0.2) is 0 Å². The fraction of sp³-hybridized carbons (Fsp3) is 0.846. The summed E-state index contributed by atoms with van der Waals surface area (Å²) in [6, 6.07) is 0. The predicted molar refractivity (Wildman–Crippen MR) is 59.1 cm³/mol. The lowest BCUT2D eigenvalue weighted by Crippen LogP contribution is -2.35. The van der Waals surface area contributed by atoms with E-state index in [1.807, 2.05) is 0 Å². The summed E-state index contributed by atoms with van der Waals surface area (Å²) in [6.45, 7) is 2.09. The zero-order valence-electron chi connectivity index (χ0n) is 10.2. The van der Waals surface area contributed by atoms with E-state index in [2.05, 4.69) is 0 Å². The quantitative estimate of drug-likeness (QED) is 0.544. The van der Waals surface area contributed by atoms with Gasteiger partial charge in [-0.05, 0) is 39.0 Å². The molecule has 2 atom stereocenters. The molecular weight excluding hydrogens is 220 g/mol. The fourth-order valence-corrected chi connectivity index (χ4v) is 3.64. The molecule has 0 aromatic carbocycles. The first-order valence-electron chi connectivity index (χ1n) is 6.56. The average Bonchev–Trinajstić information content (AvgIpc) is 3.03. The Kier molecular flexibility index (Phi) is 2.25. The summed E-state index contributed by atoms with van der Waals surface area (Å²) in [6.07, 6.45) is 5.89. The van der Waals surface area contributed by atoms with Crippen molar-refractivity contribution in [3.8, 4) is 0 Å². The van der Waals surface area contributed by atoms with Gasteiger partial charge in [0.15, 0.2) is 5.41 Å². The molecule has 1 spiro atoms. The number of hydrogen-bond acceptors (Lipinski definition) is 4. The summed E-state index contributed by atoms with van der Waals surface area (Å²) >= 11 is 0. The Morgan fingerprint density at radius 2 is 2.12 bits per heavy atom. The van der Waals surface area contributed by atoms with E-state index in [4.69, 9.17) is 9.47 Å². The lowest BCUT2D eigenvalue weighted by Gasteiger charge is -2.33. The zero-order valence-corrected chi connectivity index (χ0v) is 10.2. The molecule has 17 heavy (non-hydrogen) atoms. The molecule has 0 amide bonds. The smallest absolute Gasteiger partial charge is 0.324 e. The molecule has 0 aromatic rings. The van der Waals surface area contributed by atoms with Crippen molar-refractivity contribution < 1.29 is 19.1 Å². The van der Waals surface area contributed by atoms with Crippen LogP contribution in [0, 0.1) is 11.3 Å². The van der Waals surface area contributed by atoms with E-state index in [1.54, 1.807) is 6.92 Å². The van der Waals surface area contributed by atoms with Gasteiger partial charge in [0.25, 0.3) is 0 Å². The Hall–Kier alpha value is -1.06. The number of rotatable bonds is 2. The van der Waals surface area contributed by atoms with Crippen molar-refractivity contribution >= 4 is 11.9 Å². The largest absolute Gasteiger partial charge is 0.465 e. The minimum atomic E-state index is -0.923. The van der Waals surface area contributed by atoms with Crippen LogP contribution in [-0.4, -0.2) is 24.1 Å². The van der Waals surface area contributed by atoms with Crippen LogP contribution in [0.15, 0.2) is 0 Å². The lowest BCUT2D eigenvalue weighted by molar-refractivity contribution is -0.165. The second kappa shape index (κ2) is 3.47. The third-order valence-corrected chi connectivity index (χ3v) is 4.60. The van der Waals surface area contributed by atoms with Crippen molar-refractivity contribution in [2.24, 2.45) is 11.3 Å². The standard InChI is InChI=1S/C13H18O4/c1-2-16-10(14)13-8-9(13)12(17-11(13)15)6-4-3-5-7-12/h9H,2-8H2,1H3/t9-,13+/m0/s1. The van der Waals surface area contributed by atoms with Crippen molar-refractivity contribution in [3.63, 3.8) is 0 Å². The fourth-order valence-electron chi connectivity index (χ4n) is 3.64. The van der Waals surface area contributed by atoms with E-state index in [-0.39, 0.29) is 23.5 Å². The molecule has 3 rings (SSSR count). The molecule has 1 saturated heterocycles. The second-order valence-electron chi connectivity index (χ2n) is 5.46. The highest BCUT2D eigenvalue weighted by Gasteiger charge is 2.80. The van der Waals surface area contributed by atoms with Crippen LogP contribution in [0.2, 0.25) is 0 Å². The molecule has 0 N–H and O–H groups in total. The Morgan fingerprint density at radius 1 is 1.41 bits per heavy atom. The number of hydrogen-bond donors (Lipinski definition) is 0. The normalized spacial score (nSPS) is 37.5. The van der Waals surface area contributed by atoms with Gasteiger partial charge in [0.2, 0.25) is 0 Å². The van der Waals surface area contributed by atoms with E-state index in [0.717, 1.165) is 25.7 Å². The van der Waals surface area contributed by atoms with Crippen LogP contribution in [0.3, 0.4) is 0 Å². The summed E-state index contributed by atoms with van der Waals surface area (Å²) in [5.41, 5.74) is -1.25. The maximum atomic E-state index is 12.0. The van der Waals surface area contributed by atoms with Gasteiger partial charge in [0.1, 0.15) is 5.60 Å². The predicted octanol–water partition coefficient (Wildman–Crippen LogP) is 1.82. The molecule has 2 aliphatic carbocycles. The van der Waals surface area contributed by atoms with Crippen LogP contribution in [0.1, 0.15) is 45.4 Å². The summed E-state index contributed by atoms with van der Waals surface area (Å²) < 4.78 is 10.6. The molecule has 94 valence electrons. The van der Waals surface area contributed by atoms with E-state index >= 15 is 0 Å². The summed E-state index contributed by atoms with van der Waals surface area (Å²) in [5.74, 6) is -0.609. The molecule has 0 bridgehead atoms. The first kappa shape index (κ1) is 11.1. The number of esters is 2. The summed E-state index contributed by atoms with van der Waals surface area (Å²) in [4.78, 5) is 23.9. The van der Waals surface area contributed by atoms with Crippen molar-refractivity contribution in [2.75, 3.05) is 6.61 Å². The highest BCUT2D eigenvalue weighted by atomic mass is 16.6. The number of fused-ring (bicyclic) bond motifs is 2. The molecule has 4 nitrogen and oxygen atoms in total. The average molecular weight is 238 g/mol. The van der Waals surface area contributed by atoms with Gasteiger partial charge in [-0.1, -0.05) is 6.42 Å². The Bertz CT molecular complexity index is 370. The van der Waals surface area contributed by atoms with Crippen LogP contribution in [0.4, 0.5) is 0 Å².